The van der Waals surface area contributed by atoms with E-state index < -0.39 is 5.82 Å². The van der Waals surface area contributed by atoms with Crippen LogP contribution in [0.5, 0.6) is 5.75 Å². The van der Waals surface area contributed by atoms with Crippen LogP contribution in [0, 0.1) is 5.82 Å². The molecule has 0 saturated carbocycles. The molecule has 8 nitrogen and oxygen atoms in total. The van der Waals surface area contributed by atoms with Gasteiger partial charge < -0.3 is 24.2 Å². The Morgan fingerprint density at radius 2 is 2.13 bits per heavy atom. The molecule has 156 valence electrons. The number of likely N-dealkylation sites (tertiary alicyclic amines) is 1. The molecule has 1 N–H and O–H groups in total. The van der Waals surface area contributed by atoms with Gasteiger partial charge in [0.15, 0.2) is 0 Å². The third-order valence-corrected chi connectivity index (χ3v) is 4.66. The van der Waals surface area contributed by atoms with Crippen LogP contribution >= 0.6 is 0 Å². The number of rotatable bonds is 6. The number of aromatic nitrogens is 2. The molecule has 1 saturated heterocycles. The summed E-state index contributed by atoms with van der Waals surface area (Å²) >= 11 is 0. The Balaban J connectivity index is 1.31. The molecule has 0 radical (unpaired) electrons. The molecule has 0 bridgehead atoms. The summed E-state index contributed by atoms with van der Waals surface area (Å²) in [6.45, 7) is 1.28. The van der Waals surface area contributed by atoms with Crippen LogP contribution in [0.1, 0.15) is 12.3 Å². The van der Waals surface area contributed by atoms with Gasteiger partial charge >= 0.3 is 6.03 Å². The predicted molar refractivity (Wildman–Crippen MR) is 106 cm³/mol. The maximum absolute atomic E-state index is 13.3. The van der Waals surface area contributed by atoms with Crippen molar-refractivity contribution in [2.45, 2.75) is 19.1 Å². The van der Waals surface area contributed by atoms with Gasteiger partial charge in [-0.15, -0.1) is 0 Å². The van der Waals surface area contributed by atoms with Gasteiger partial charge in [0, 0.05) is 31.3 Å². The van der Waals surface area contributed by atoms with Gasteiger partial charge in [0.05, 0.1) is 6.54 Å². The molecular formula is C21H21FN4O4. The van der Waals surface area contributed by atoms with Crippen LogP contribution in [0.3, 0.4) is 0 Å². The van der Waals surface area contributed by atoms with Gasteiger partial charge in [0.1, 0.15) is 24.3 Å². The Labute approximate surface area is 172 Å². The summed E-state index contributed by atoms with van der Waals surface area (Å²) in [5.74, 6) is 1.19. The number of nitrogens with one attached hydrogen (secondary N) is 1. The normalized spacial score (nSPS) is 15.9. The summed E-state index contributed by atoms with van der Waals surface area (Å²) < 4.78 is 29.3. The average molecular weight is 412 g/mol. The summed E-state index contributed by atoms with van der Waals surface area (Å²) in [7, 11) is 1.56. The highest BCUT2D eigenvalue weighted by Gasteiger charge is 2.27. The minimum atomic E-state index is -0.394. The second-order valence-electron chi connectivity index (χ2n) is 6.88. The molecule has 1 aliphatic rings. The van der Waals surface area contributed by atoms with Gasteiger partial charge in [-0.1, -0.05) is 11.2 Å². The predicted octanol–water partition coefficient (Wildman–Crippen LogP) is 3.71. The lowest BCUT2D eigenvalue weighted by molar-refractivity contribution is 0.151. The van der Waals surface area contributed by atoms with Crippen molar-refractivity contribution < 1.29 is 23.2 Å². The van der Waals surface area contributed by atoms with Crippen LogP contribution in [0.2, 0.25) is 0 Å². The van der Waals surface area contributed by atoms with Gasteiger partial charge in [0.2, 0.25) is 5.82 Å². The lowest BCUT2D eigenvalue weighted by Gasteiger charge is -2.18. The van der Waals surface area contributed by atoms with Crippen molar-refractivity contribution in [2.75, 3.05) is 25.5 Å². The molecule has 1 fully saturated rings. The van der Waals surface area contributed by atoms with Crippen LogP contribution in [0.25, 0.3) is 11.4 Å². The van der Waals surface area contributed by atoms with E-state index in [2.05, 4.69) is 15.5 Å². The molecule has 2 aromatic carbocycles. The fourth-order valence-corrected chi connectivity index (χ4v) is 3.21. The monoisotopic (exact) mass is 412 g/mol. The molecule has 1 atom stereocenters. The second-order valence-corrected chi connectivity index (χ2v) is 6.88. The molecule has 1 aliphatic heterocycles. The highest BCUT2D eigenvalue weighted by molar-refractivity contribution is 5.89. The van der Waals surface area contributed by atoms with E-state index in [4.69, 9.17) is 14.0 Å². The maximum atomic E-state index is 13.3. The minimum absolute atomic E-state index is 0.118. The number of carbonyl (C=O) groups is 1. The first kappa shape index (κ1) is 19.8. The minimum Gasteiger partial charge on any atom is -0.489 e. The number of carbonyl (C=O) groups excluding carboxylic acids is 1. The number of halogens is 1. The highest BCUT2D eigenvalue weighted by atomic mass is 19.1. The zero-order chi connectivity index (χ0) is 20.9. The van der Waals surface area contributed by atoms with E-state index in [1.807, 2.05) is 24.3 Å². The number of hydrogen-bond acceptors (Lipinski definition) is 6. The Morgan fingerprint density at radius 3 is 2.90 bits per heavy atom. The van der Waals surface area contributed by atoms with E-state index in [-0.39, 0.29) is 18.7 Å². The molecule has 4 rings (SSSR count). The number of methoxy groups -OCH3 is 1. The van der Waals surface area contributed by atoms with Gasteiger partial charge in [-0.3, -0.25) is 0 Å². The van der Waals surface area contributed by atoms with Crippen molar-refractivity contribution in [3.05, 3.63) is 60.2 Å². The van der Waals surface area contributed by atoms with Crippen LogP contribution in [-0.4, -0.2) is 47.4 Å². The van der Waals surface area contributed by atoms with E-state index in [0.29, 0.717) is 42.7 Å². The second kappa shape index (κ2) is 8.91. The standard InChI is InChI=1S/C21H21FN4O4/c1-28-13-19-24-20(25-30-19)14-5-7-17(8-6-14)29-18-9-10-26(12-18)21(27)23-16-4-2-3-15(22)11-16/h2-8,11,18H,9-10,12-13H2,1H3,(H,23,27). The Morgan fingerprint density at radius 1 is 1.30 bits per heavy atom. The molecule has 2 heterocycles. The molecular weight excluding hydrogens is 391 g/mol. The number of ether oxygens (including phenoxy) is 2. The summed E-state index contributed by atoms with van der Waals surface area (Å²) in [5, 5.41) is 6.63. The zero-order valence-electron chi connectivity index (χ0n) is 16.4. The fraction of sp³-hybridized carbons (Fsp3) is 0.286. The SMILES string of the molecule is COCc1nc(-c2ccc(OC3CCN(C(=O)Nc4cccc(F)c4)C3)cc2)no1. The Kier molecular flexibility index (Phi) is 5.89. The fourth-order valence-electron chi connectivity index (χ4n) is 3.21. The maximum Gasteiger partial charge on any atom is 0.321 e. The van der Waals surface area contributed by atoms with Gasteiger partial charge in [-0.05, 0) is 42.5 Å². The zero-order valence-corrected chi connectivity index (χ0v) is 16.4. The number of benzene rings is 2. The first-order valence-electron chi connectivity index (χ1n) is 9.51. The number of amides is 2. The average Bonchev–Trinajstić information content (AvgIpc) is 3.39. The van der Waals surface area contributed by atoms with Crippen molar-refractivity contribution >= 4 is 11.7 Å². The molecule has 1 aromatic heterocycles. The van der Waals surface area contributed by atoms with Crippen molar-refractivity contribution in [2.24, 2.45) is 0 Å². The van der Waals surface area contributed by atoms with Crippen molar-refractivity contribution in [3.63, 3.8) is 0 Å². The molecule has 0 spiro atoms. The smallest absolute Gasteiger partial charge is 0.321 e. The first-order chi connectivity index (χ1) is 14.6. The number of nitrogens with zero attached hydrogens (tertiary/aromatic N) is 3. The van der Waals surface area contributed by atoms with Crippen molar-refractivity contribution in [1.82, 2.24) is 15.0 Å². The Hall–Kier alpha value is -3.46. The quantitative estimate of drug-likeness (QED) is 0.664. The molecule has 3 aromatic rings. The first-order valence-corrected chi connectivity index (χ1v) is 9.51. The number of urea groups is 1. The van der Waals surface area contributed by atoms with E-state index in [1.54, 1.807) is 24.1 Å². The Bertz CT molecular complexity index is 1010. The molecule has 30 heavy (non-hydrogen) atoms. The van der Waals surface area contributed by atoms with E-state index in [9.17, 15) is 9.18 Å². The lowest BCUT2D eigenvalue weighted by Crippen LogP contribution is -2.34. The number of anilines is 1. The molecule has 2 amide bonds. The van der Waals surface area contributed by atoms with Crippen LogP contribution in [0.15, 0.2) is 53.1 Å². The largest absolute Gasteiger partial charge is 0.489 e. The summed E-state index contributed by atoms with van der Waals surface area (Å²) in [5.41, 5.74) is 1.23. The van der Waals surface area contributed by atoms with Crippen LogP contribution in [-0.2, 0) is 11.3 Å². The molecule has 9 heteroatoms. The lowest BCUT2D eigenvalue weighted by atomic mass is 10.2. The summed E-state index contributed by atoms with van der Waals surface area (Å²) in [4.78, 5) is 18.3. The third-order valence-electron chi connectivity index (χ3n) is 4.66. The highest BCUT2D eigenvalue weighted by Crippen LogP contribution is 2.23. The van der Waals surface area contributed by atoms with E-state index in [1.165, 1.54) is 12.1 Å². The summed E-state index contributed by atoms with van der Waals surface area (Å²) in [6.07, 6.45) is 0.594. The van der Waals surface area contributed by atoms with Gasteiger partial charge in [-0.2, -0.15) is 4.98 Å². The third kappa shape index (κ3) is 4.74. The molecule has 1 unspecified atom stereocenters. The van der Waals surface area contributed by atoms with Gasteiger partial charge in [-0.25, -0.2) is 9.18 Å². The molecule has 0 aliphatic carbocycles. The topological polar surface area (TPSA) is 89.7 Å². The van der Waals surface area contributed by atoms with Crippen molar-refractivity contribution in [1.29, 1.82) is 0 Å². The van der Waals surface area contributed by atoms with Crippen LogP contribution in [0.4, 0.5) is 14.9 Å². The van der Waals surface area contributed by atoms with E-state index >= 15 is 0 Å². The van der Waals surface area contributed by atoms with E-state index in [0.717, 1.165) is 5.56 Å². The summed E-state index contributed by atoms with van der Waals surface area (Å²) in [6, 6.07) is 12.9. The number of hydrogen-bond donors (Lipinski definition) is 1. The van der Waals surface area contributed by atoms with Crippen molar-refractivity contribution in [3.8, 4) is 17.1 Å². The van der Waals surface area contributed by atoms with Crippen LogP contribution < -0.4 is 10.1 Å². The van der Waals surface area contributed by atoms with Gasteiger partial charge in [0.25, 0.3) is 5.89 Å².